The Bertz CT molecular complexity index is 1520. The Balaban J connectivity index is 1.46. The number of ether oxygens (including phenoxy) is 3. The maximum atomic E-state index is 12.7. The minimum Gasteiger partial charge on any atom is -0.490 e. The second kappa shape index (κ2) is 10.4. The van der Waals surface area contributed by atoms with Gasteiger partial charge in [0.15, 0.2) is 17.2 Å². The molecule has 1 aliphatic heterocycles. The number of nitrogens with zero attached hydrogens (tertiary/aromatic N) is 1. The summed E-state index contributed by atoms with van der Waals surface area (Å²) in [4.78, 5) is 17.2. The average molecular weight is 542 g/mol. The van der Waals surface area contributed by atoms with Gasteiger partial charge in [-0.2, -0.15) is 0 Å². The molecule has 0 atom stereocenters. The molecule has 0 aliphatic carbocycles. The van der Waals surface area contributed by atoms with E-state index in [-0.39, 0.29) is 5.70 Å². The summed E-state index contributed by atoms with van der Waals surface area (Å²) in [5.74, 6) is 0.991. The molecule has 5 nitrogen and oxygen atoms in total. The normalized spacial score (nSPS) is 14.1. The van der Waals surface area contributed by atoms with Crippen LogP contribution in [-0.2, 0) is 16.1 Å². The largest absolute Gasteiger partial charge is 0.490 e. The number of carbonyl (C=O) groups is 1. The summed E-state index contributed by atoms with van der Waals surface area (Å²) in [6.07, 6.45) is 1.69. The van der Waals surface area contributed by atoms with Crippen LogP contribution in [0.3, 0.4) is 0 Å². The van der Waals surface area contributed by atoms with Crippen LogP contribution in [0.4, 0.5) is 0 Å². The van der Waals surface area contributed by atoms with E-state index in [1.54, 1.807) is 6.08 Å². The molecule has 0 radical (unpaired) electrons. The molecule has 5 rings (SSSR count). The van der Waals surface area contributed by atoms with E-state index >= 15 is 0 Å². The third-order valence-electron chi connectivity index (χ3n) is 5.91. The molecule has 0 N–H and O–H groups in total. The minimum absolute atomic E-state index is 0.223. The SMILES string of the molecule is CCOc1cc(/C=C2/N=C(c3cccc4ccccc34)OC2=O)cc(Br)c1OCc1ccccc1C. The molecular formula is C30H24BrNO4. The topological polar surface area (TPSA) is 57.1 Å². The summed E-state index contributed by atoms with van der Waals surface area (Å²) in [6.45, 7) is 4.86. The number of aliphatic imine (C=N–C) groups is 1. The van der Waals surface area contributed by atoms with Crippen molar-refractivity contribution in [2.45, 2.75) is 20.5 Å². The second-order valence-electron chi connectivity index (χ2n) is 8.34. The number of hydrogen-bond donors (Lipinski definition) is 0. The molecule has 0 saturated carbocycles. The van der Waals surface area contributed by atoms with Crippen LogP contribution in [0.25, 0.3) is 16.8 Å². The fourth-order valence-electron chi connectivity index (χ4n) is 4.09. The Hall–Kier alpha value is -3.90. The fourth-order valence-corrected chi connectivity index (χ4v) is 4.66. The maximum absolute atomic E-state index is 12.7. The lowest BCUT2D eigenvalue weighted by molar-refractivity contribution is -0.129. The first-order chi connectivity index (χ1) is 17.5. The first kappa shape index (κ1) is 23.8. The van der Waals surface area contributed by atoms with Crippen molar-refractivity contribution in [1.82, 2.24) is 0 Å². The smallest absolute Gasteiger partial charge is 0.363 e. The summed E-state index contributed by atoms with van der Waals surface area (Å²) in [7, 11) is 0. The van der Waals surface area contributed by atoms with E-state index < -0.39 is 5.97 Å². The Morgan fingerprint density at radius 2 is 1.75 bits per heavy atom. The lowest BCUT2D eigenvalue weighted by Gasteiger charge is -2.15. The van der Waals surface area contributed by atoms with Crippen molar-refractivity contribution in [3.05, 3.63) is 111 Å². The highest BCUT2D eigenvalue weighted by atomic mass is 79.9. The summed E-state index contributed by atoms with van der Waals surface area (Å²) in [6, 6.07) is 25.6. The van der Waals surface area contributed by atoms with Gasteiger partial charge in [-0.15, -0.1) is 0 Å². The third kappa shape index (κ3) is 4.90. The predicted molar refractivity (Wildman–Crippen MR) is 145 cm³/mol. The molecule has 1 heterocycles. The van der Waals surface area contributed by atoms with Crippen LogP contribution in [0.5, 0.6) is 11.5 Å². The van der Waals surface area contributed by atoms with Crippen LogP contribution in [0.2, 0.25) is 0 Å². The molecule has 0 bridgehead atoms. The number of hydrogen-bond acceptors (Lipinski definition) is 5. The van der Waals surface area contributed by atoms with E-state index in [1.807, 2.05) is 79.7 Å². The highest BCUT2D eigenvalue weighted by Gasteiger charge is 2.25. The van der Waals surface area contributed by atoms with Crippen molar-refractivity contribution < 1.29 is 19.0 Å². The van der Waals surface area contributed by atoms with Crippen LogP contribution in [0.1, 0.15) is 29.2 Å². The number of rotatable bonds is 7. The van der Waals surface area contributed by atoms with Crippen LogP contribution >= 0.6 is 15.9 Å². The van der Waals surface area contributed by atoms with E-state index in [4.69, 9.17) is 14.2 Å². The molecule has 4 aromatic carbocycles. The van der Waals surface area contributed by atoms with Gasteiger partial charge in [-0.1, -0.05) is 60.7 Å². The molecule has 4 aromatic rings. The van der Waals surface area contributed by atoms with E-state index in [2.05, 4.69) is 33.9 Å². The Morgan fingerprint density at radius 1 is 0.972 bits per heavy atom. The van der Waals surface area contributed by atoms with E-state index in [1.165, 1.54) is 0 Å². The second-order valence-corrected chi connectivity index (χ2v) is 9.20. The number of halogens is 1. The van der Waals surface area contributed by atoms with Gasteiger partial charge in [0, 0.05) is 5.56 Å². The average Bonchev–Trinajstić information content (AvgIpc) is 3.24. The van der Waals surface area contributed by atoms with Gasteiger partial charge in [0.2, 0.25) is 5.90 Å². The van der Waals surface area contributed by atoms with Gasteiger partial charge in [-0.25, -0.2) is 9.79 Å². The van der Waals surface area contributed by atoms with E-state index in [0.29, 0.717) is 30.6 Å². The summed E-state index contributed by atoms with van der Waals surface area (Å²) in [5, 5.41) is 2.03. The Labute approximate surface area is 218 Å². The highest BCUT2D eigenvalue weighted by Crippen LogP contribution is 2.38. The van der Waals surface area contributed by atoms with E-state index in [0.717, 1.165) is 37.5 Å². The Morgan fingerprint density at radius 3 is 2.58 bits per heavy atom. The summed E-state index contributed by atoms with van der Waals surface area (Å²) >= 11 is 3.61. The van der Waals surface area contributed by atoms with Crippen molar-refractivity contribution in [3.63, 3.8) is 0 Å². The number of cyclic esters (lactones) is 1. The van der Waals surface area contributed by atoms with Crippen molar-refractivity contribution in [2.24, 2.45) is 4.99 Å². The molecule has 0 saturated heterocycles. The summed E-state index contributed by atoms with van der Waals surface area (Å²) in [5.41, 5.74) is 4.00. The zero-order chi connectivity index (χ0) is 25.1. The molecule has 0 unspecified atom stereocenters. The lowest BCUT2D eigenvalue weighted by Crippen LogP contribution is -2.06. The van der Waals surface area contributed by atoms with Crippen LogP contribution in [-0.4, -0.2) is 18.5 Å². The standard InChI is InChI=1S/C30H24BrNO4/c1-3-34-27-17-20(15-25(31)28(27)35-18-22-11-5-4-9-19(22)2)16-26-30(33)36-29(32-26)24-14-8-12-21-10-6-7-13-23(21)24/h4-17H,3,18H2,1-2H3/b26-16+. The van der Waals surface area contributed by atoms with Gasteiger partial charge in [0.05, 0.1) is 11.1 Å². The molecule has 0 amide bonds. The van der Waals surface area contributed by atoms with Crippen molar-refractivity contribution in [2.75, 3.05) is 6.61 Å². The van der Waals surface area contributed by atoms with Crippen LogP contribution < -0.4 is 9.47 Å². The van der Waals surface area contributed by atoms with Gasteiger partial charge in [0.1, 0.15) is 6.61 Å². The number of fused-ring (bicyclic) bond motifs is 1. The molecule has 0 aromatic heterocycles. The first-order valence-electron chi connectivity index (χ1n) is 11.7. The van der Waals surface area contributed by atoms with Crippen molar-refractivity contribution in [3.8, 4) is 11.5 Å². The van der Waals surface area contributed by atoms with Crippen molar-refractivity contribution in [1.29, 1.82) is 0 Å². The molecule has 0 spiro atoms. The molecule has 36 heavy (non-hydrogen) atoms. The third-order valence-corrected chi connectivity index (χ3v) is 6.50. The fraction of sp³-hybridized carbons (Fsp3) is 0.133. The predicted octanol–water partition coefficient (Wildman–Crippen LogP) is 7.23. The van der Waals surface area contributed by atoms with Crippen molar-refractivity contribution >= 4 is 44.6 Å². The quantitative estimate of drug-likeness (QED) is 0.183. The van der Waals surface area contributed by atoms with Gasteiger partial charge < -0.3 is 14.2 Å². The van der Waals surface area contributed by atoms with Crippen LogP contribution in [0.15, 0.2) is 94.0 Å². The molecule has 180 valence electrons. The molecular weight excluding hydrogens is 518 g/mol. The van der Waals surface area contributed by atoms with Gasteiger partial charge in [0.25, 0.3) is 0 Å². The molecule has 1 aliphatic rings. The Kier molecular flexibility index (Phi) is 6.87. The van der Waals surface area contributed by atoms with Gasteiger partial charge in [-0.05, 0) is 81.5 Å². The zero-order valence-corrected chi connectivity index (χ0v) is 21.5. The minimum atomic E-state index is -0.494. The van der Waals surface area contributed by atoms with Gasteiger partial charge >= 0.3 is 5.97 Å². The number of benzene rings is 4. The van der Waals surface area contributed by atoms with Crippen LogP contribution in [0, 0.1) is 6.92 Å². The summed E-state index contributed by atoms with van der Waals surface area (Å²) < 4.78 is 18.3. The maximum Gasteiger partial charge on any atom is 0.363 e. The molecule has 0 fully saturated rings. The van der Waals surface area contributed by atoms with Gasteiger partial charge in [-0.3, -0.25) is 0 Å². The number of aryl methyl sites for hydroxylation is 1. The first-order valence-corrected chi connectivity index (χ1v) is 12.5. The highest BCUT2D eigenvalue weighted by molar-refractivity contribution is 9.10. The van der Waals surface area contributed by atoms with E-state index in [9.17, 15) is 4.79 Å². The molecule has 6 heteroatoms. The zero-order valence-electron chi connectivity index (χ0n) is 20.0. The monoisotopic (exact) mass is 541 g/mol. The number of esters is 1. The number of carbonyl (C=O) groups excluding carboxylic acids is 1. The lowest BCUT2D eigenvalue weighted by atomic mass is 10.0.